The summed E-state index contributed by atoms with van der Waals surface area (Å²) in [5, 5.41) is 8.71. The van der Waals surface area contributed by atoms with Crippen LogP contribution in [0.3, 0.4) is 0 Å². The molecule has 1 atom stereocenters. The van der Waals surface area contributed by atoms with Gasteiger partial charge in [-0.1, -0.05) is 30.7 Å². The van der Waals surface area contributed by atoms with Gasteiger partial charge in [-0.25, -0.2) is 0 Å². The smallest absolute Gasteiger partial charge is 0.0669 e. The molecule has 2 nitrogen and oxygen atoms in total. The molecular weight excluding hydrogens is 208 g/mol. The van der Waals surface area contributed by atoms with E-state index in [1.54, 1.807) is 0 Å². The summed E-state index contributed by atoms with van der Waals surface area (Å²) in [6.07, 6.45) is 4.52. The van der Waals surface area contributed by atoms with Crippen molar-refractivity contribution in [1.29, 1.82) is 5.26 Å². The molecule has 0 bridgehead atoms. The quantitative estimate of drug-likeness (QED) is 0.794. The number of nitrogens with zero attached hydrogens (tertiary/aromatic N) is 2. The lowest BCUT2D eigenvalue weighted by atomic mass is 10.0. The monoisotopic (exact) mass is 228 g/mol. The maximum absolute atomic E-state index is 8.71. The van der Waals surface area contributed by atoms with E-state index in [0.717, 1.165) is 12.1 Å². The standard InChI is InChI=1S/C15H20N2/c1-13-5-2-3-10-17(13)12-15-7-4-6-14(11-15)8-9-16/h4,6-7,11,13H,2-3,5,8,10,12H2,1H3. The molecule has 0 amide bonds. The predicted molar refractivity (Wildman–Crippen MR) is 69.5 cm³/mol. The van der Waals surface area contributed by atoms with E-state index in [9.17, 15) is 0 Å². The molecule has 0 aromatic heterocycles. The molecule has 0 N–H and O–H groups in total. The highest BCUT2D eigenvalue weighted by Crippen LogP contribution is 2.19. The second-order valence-corrected chi connectivity index (χ2v) is 4.97. The fraction of sp³-hybridized carbons (Fsp3) is 0.533. The van der Waals surface area contributed by atoms with Crippen LogP contribution in [0.1, 0.15) is 37.3 Å². The van der Waals surface area contributed by atoms with Crippen molar-refractivity contribution in [3.05, 3.63) is 35.4 Å². The molecule has 2 rings (SSSR count). The number of nitriles is 1. The molecule has 1 aliphatic rings. The molecule has 90 valence electrons. The summed E-state index contributed by atoms with van der Waals surface area (Å²) >= 11 is 0. The van der Waals surface area contributed by atoms with Crippen molar-refractivity contribution in [1.82, 2.24) is 4.90 Å². The predicted octanol–water partition coefficient (Wildman–Crippen LogP) is 3.13. The van der Waals surface area contributed by atoms with Gasteiger partial charge in [0.2, 0.25) is 0 Å². The lowest BCUT2D eigenvalue weighted by Gasteiger charge is -2.33. The van der Waals surface area contributed by atoms with Gasteiger partial charge in [0.1, 0.15) is 0 Å². The molecule has 1 unspecified atom stereocenters. The highest BCUT2D eigenvalue weighted by molar-refractivity contribution is 5.25. The zero-order valence-electron chi connectivity index (χ0n) is 10.5. The molecule has 1 aromatic rings. The third-order valence-electron chi connectivity index (χ3n) is 3.60. The molecule has 1 aliphatic heterocycles. The Morgan fingerprint density at radius 1 is 1.35 bits per heavy atom. The summed E-state index contributed by atoms with van der Waals surface area (Å²) < 4.78 is 0. The zero-order valence-corrected chi connectivity index (χ0v) is 10.5. The minimum atomic E-state index is 0.517. The summed E-state index contributed by atoms with van der Waals surface area (Å²) in [7, 11) is 0. The Bertz CT molecular complexity index is 406. The Kier molecular flexibility index (Phi) is 4.17. The van der Waals surface area contributed by atoms with Gasteiger partial charge in [0.15, 0.2) is 0 Å². The van der Waals surface area contributed by atoms with Crippen LogP contribution >= 0.6 is 0 Å². The summed E-state index contributed by atoms with van der Waals surface area (Å²) in [6, 6.07) is 11.3. The maximum atomic E-state index is 8.71. The average Bonchev–Trinajstić information content (AvgIpc) is 2.33. The Balaban J connectivity index is 2.02. The SMILES string of the molecule is CC1CCCCN1Cc1cccc(CC#N)c1. The van der Waals surface area contributed by atoms with E-state index in [4.69, 9.17) is 5.26 Å². The van der Waals surface area contributed by atoms with Crippen molar-refractivity contribution >= 4 is 0 Å². The molecule has 1 saturated heterocycles. The first-order valence-electron chi connectivity index (χ1n) is 6.48. The third-order valence-corrected chi connectivity index (χ3v) is 3.60. The van der Waals surface area contributed by atoms with Gasteiger partial charge in [-0.2, -0.15) is 5.26 Å². The number of rotatable bonds is 3. The third kappa shape index (κ3) is 3.31. The van der Waals surface area contributed by atoms with E-state index in [-0.39, 0.29) is 0 Å². The van der Waals surface area contributed by atoms with Gasteiger partial charge in [0.05, 0.1) is 12.5 Å². The van der Waals surface area contributed by atoms with Gasteiger partial charge in [0, 0.05) is 12.6 Å². The number of piperidine rings is 1. The minimum Gasteiger partial charge on any atom is -0.296 e. The first-order chi connectivity index (χ1) is 8.29. The summed E-state index contributed by atoms with van der Waals surface area (Å²) in [5.41, 5.74) is 2.47. The van der Waals surface area contributed by atoms with Gasteiger partial charge in [-0.05, 0) is 37.4 Å². The summed E-state index contributed by atoms with van der Waals surface area (Å²) in [6.45, 7) is 4.56. The van der Waals surface area contributed by atoms with Gasteiger partial charge in [-0.3, -0.25) is 4.90 Å². The van der Waals surface area contributed by atoms with Gasteiger partial charge in [-0.15, -0.1) is 0 Å². The largest absolute Gasteiger partial charge is 0.296 e. The number of hydrogen-bond acceptors (Lipinski definition) is 2. The molecule has 2 heteroatoms. The second kappa shape index (κ2) is 5.84. The van der Waals surface area contributed by atoms with E-state index in [2.05, 4.69) is 36.1 Å². The van der Waals surface area contributed by atoms with Crippen molar-refractivity contribution in [3.8, 4) is 6.07 Å². The Hall–Kier alpha value is -1.33. The van der Waals surface area contributed by atoms with Crippen molar-refractivity contribution in [2.75, 3.05) is 6.54 Å². The second-order valence-electron chi connectivity index (χ2n) is 4.97. The van der Waals surface area contributed by atoms with Crippen molar-refractivity contribution in [3.63, 3.8) is 0 Å². The van der Waals surface area contributed by atoms with Crippen LogP contribution in [-0.2, 0) is 13.0 Å². The van der Waals surface area contributed by atoms with Crippen LogP contribution in [0.15, 0.2) is 24.3 Å². The van der Waals surface area contributed by atoms with Crippen molar-refractivity contribution in [2.24, 2.45) is 0 Å². The molecule has 0 radical (unpaired) electrons. The van der Waals surface area contributed by atoms with E-state index in [1.807, 2.05) is 6.07 Å². The Morgan fingerprint density at radius 3 is 2.94 bits per heavy atom. The summed E-state index contributed by atoms with van der Waals surface area (Å²) in [4.78, 5) is 2.55. The topological polar surface area (TPSA) is 27.0 Å². The first kappa shape index (κ1) is 12.1. The van der Waals surface area contributed by atoms with Crippen molar-refractivity contribution in [2.45, 2.75) is 45.2 Å². The van der Waals surface area contributed by atoms with E-state index >= 15 is 0 Å². The molecule has 1 aromatic carbocycles. The molecule has 0 aliphatic carbocycles. The molecule has 17 heavy (non-hydrogen) atoms. The van der Waals surface area contributed by atoms with Gasteiger partial charge in [0.25, 0.3) is 0 Å². The maximum Gasteiger partial charge on any atom is 0.0669 e. The lowest BCUT2D eigenvalue weighted by molar-refractivity contribution is 0.152. The number of benzene rings is 1. The van der Waals surface area contributed by atoms with Crippen LogP contribution in [0.4, 0.5) is 0 Å². The highest BCUT2D eigenvalue weighted by Gasteiger charge is 2.17. The average molecular weight is 228 g/mol. The zero-order chi connectivity index (χ0) is 12.1. The minimum absolute atomic E-state index is 0.517. The number of likely N-dealkylation sites (tertiary alicyclic amines) is 1. The Morgan fingerprint density at radius 2 is 2.18 bits per heavy atom. The summed E-state index contributed by atoms with van der Waals surface area (Å²) in [5.74, 6) is 0. The van der Waals surface area contributed by atoms with Gasteiger partial charge < -0.3 is 0 Å². The molecule has 0 saturated carbocycles. The van der Waals surface area contributed by atoms with Gasteiger partial charge >= 0.3 is 0 Å². The fourth-order valence-electron chi connectivity index (χ4n) is 2.56. The number of hydrogen-bond donors (Lipinski definition) is 0. The molecular formula is C15H20N2. The van der Waals surface area contributed by atoms with E-state index in [0.29, 0.717) is 12.5 Å². The fourth-order valence-corrected chi connectivity index (χ4v) is 2.56. The van der Waals surface area contributed by atoms with Crippen LogP contribution in [0.5, 0.6) is 0 Å². The normalized spacial score (nSPS) is 21.1. The van der Waals surface area contributed by atoms with Crippen LogP contribution in [-0.4, -0.2) is 17.5 Å². The van der Waals surface area contributed by atoms with Crippen LogP contribution < -0.4 is 0 Å². The highest BCUT2D eigenvalue weighted by atomic mass is 15.2. The lowest BCUT2D eigenvalue weighted by Crippen LogP contribution is -2.36. The Labute approximate surface area is 104 Å². The van der Waals surface area contributed by atoms with Crippen molar-refractivity contribution < 1.29 is 0 Å². The molecule has 0 spiro atoms. The molecule has 1 fully saturated rings. The molecule has 1 heterocycles. The van der Waals surface area contributed by atoms with Crippen LogP contribution in [0.25, 0.3) is 0 Å². The first-order valence-corrected chi connectivity index (χ1v) is 6.48. The van der Waals surface area contributed by atoms with E-state index < -0.39 is 0 Å². The van der Waals surface area contributed by atoms with Crippen LogP contribution in [0, 0.1) is 11.3 Å². The van der Waals surface area contributed by atoms with Crippen LogP contribution in [0.2, 0.25) is 0 Å². The van der Waals surface area contributed by atoms with E-state index in [1.165, 1.54) is 31.4 Å².